The van der Waals surface area contributed by atoms with Crippen molar-refractivity contribution < 1.29 is 31.9 Å². The van der Waals surface area contributed by atoms with Crippen LogP contribution in [0.5, 0.6) is 0 Å². The number of aryl methyl sites for hydroxylation is 2. The van der Waals surface area contributed by atoms with E-state index in [1.165, 1.54) is 29.2 Å². The molecule has 0 aliphatic carbocycles. The Morgan fingerprint density at radius 1 is 1.06 bits per heavy atom. The van der Waals surface area contributed by atoms with E-state index in [0.717, 1.165) is 16.3 Å². The lowest BCUT2D eigenvalue weighted by atomic mass is 10.1. The Bertz CT molecular complexity index is 1340. The van der Waals surface area contributed by atoms with Crippen LogP contribution >= 0.6 is 0 Å². The molecule has 1 aliphatic heterocycles. The zero-order chi connectivity index (χ0) is 25.2. The van der Waals surface area contributed by atoms with Gasteiger partial charge in [0.25, 0.3) is 10.0 Å². The highest BCUT2D eigenvalue weighted by molar-refractivity contribution is 7.93. The number of hydrogen-bond donors (Lipinski definition) is 0. The number of anilines is 1. The van der Waals surface area contributed by atoms with Crippen LogP contribution in [0.2, 0.25) is 0 Å². The molecule has 1 saturated heterocycles. The van der Waals surface area contributed by atoms with Gasteiger partial charge in [0.15, 0.2) is 0 Å². The monoisotopic (exact) mass is 500 g/mol. The van der Waals surface area contributed by atoms with Crippen LogP contribution < -0.4 is 4.31 Å². The molecule has 1 aromatic heterocycles. The minimum atomic E-state index is -4.28. The molecule has 0 unspecified atom stereocenters. The van der Waals surface area contributed by atoms with Crippen LogP contribution in [-0.2, 0) is 25.9 Å². The van der Waals surface area contributed by atoms with Crippen molar-refractivity contribution in [1.82, 2.24) is 4.90 Å². The molecule has 0 atom stereocenters. The Kier molecular flexibility index (Phi) is 7.13. The van der Waals surface area contributed by atoms with Gasteiger partial charge < -0.3 is 18.8 Å². The van der Waals surface area contributed by atoms with E-state index in [1.807, 2.05) is 6.92 Å². The zero-order valence-electron chi connectivity index (χ0n) is 19.9. The molecule has 186 valence electrons. The first kappa shape index (κ1) is 24.7. The van der Waals surface area contributed by atoms with E-state index in [2.05, 4.69) is 0 Å². The molecular formula is C25H28N2O7S. The molecule has 9 nitrogen and oxygen atoms in total. The lowest BCUT2D eigenvalue weighted by molar-refractivity contribution is 0.0526. The fourth-order valence-corrected chi connectivity index (χ4v) is 5.43. The van der Waals surface area contributed by atoms with Crippen molar-refractivity contribution in [3.8, 4) is 0 Å². The average Bonchev–Trinajstić information content (AvgIpc) is 3.19. The van der Waals surface area contributed by atoms with E-state index < -0.39 is 22.0 Å². The molecule has 0 bridgehead atoms. The first-order valence-corrected chi connectivity index (χ1v) is 12.9. The molecule has 35 heavy (non-hydrogen) atoms. The summed E-state index contributed by atoms with van der Waals surface area (Å²) in [6.45, 7) is 6.64. The second-order valence-electron chi connectivity index (χ2n) is 8.08. The third-order valence-electron chi connectivity index (χ3n) is 5.89. The molecule has 2 aromatic carbocycles. The second-order valence-corrected chi connectivity index (χ2v) is 9.87. The van der Waals surface area contributed by atoms with Gasteiger partial charge >= 0.3 is 12.0 Å². The van der Waals surface area contributed by atoms with Crippen molar-refractivity contribution in [2.24, 2.45) is 0 Å². The number of fused-ring (bicyclic) bond motifs is 1. The molecule has 0 spiro atoms. The minimum absolute atomic E-state index is 0.00889. The van der Waals surface area contributed by atoms with Crippen molar-refractivity contribution in [2.75, 3.05) is 37.2 Å². The summed E-state index contributed by atoms with van der Waals surface area (Å²) in [6.07, 6.45) is 0.754. The van der Waals surface area contributed by atoms with Gasteiger partial charge in [-0.05, 0) is 56.2 Å². The Labute approximate surface area is 204 Å². The minimum Gasteiger partial charge on any atom is -0.462 e. The molecule has 0 saturated carbocycles. The maximum atomic E-state index is 13.8. The second kappa shape index (κ2) is 10.1. The largest absolute Gasteiger partial charge is 0.462 e. The van der Waals surface area contributed by atoms with Crippen LogP contribution in [0.4, 0.5) is 10.5 Å². The summed E-state index contributed by atoms with van der Waals surface area (Å²) in [6, 6.07) is 10.3. The highest BCUT2D eigenvalue weighted by Gasteiger charge is 2.35. The van der Waals surface area contributed by atoms with Gasteiger partial charge in [0, 0.05) is 18.5 Å². The molecule has 10 heteroatoms. The average molecular weight is 501 g/mol. The van der Waals surface area contributed by atoms with Gasteiger partial charge in [-0.3, -0.25) is 0 Å². The predicted molar refractivity (Wildman–Crippen MR) is 130 cm³/mol. The smallest absolute Gasteiger partial charge is 0.342 e. The van der Waals surface area contributed by atoms with Gasteiger partial charge in [0.1, 0.15) is 16.9 Å². The highest BCUT2D eigenvalue weighted by atomic mass is 32.2. The summed E-state index contributed by atoms with van der Waals surface area (Å²) in [7, 11) is -4.28. The normalized spacial score (nSPS) is 14.2. The molecule has 1 fully saturated rings. The van der Waals surface area contributed by atoms with Crippen LogP contribution in [0.1, 0.15) is 35.5 Å². The van der Waals surface area contributed by atoms with Gasteiger partial charge in [-0.2, -0.15) is 4.31 Å². The number of urea groups is 1. The van der Waals surface area contributed by atoms with E-state index in [4.69, 9.17) is 13.9 Å². The number of sulfonamides is 1. The van der Waals surface area contributed by atoms with E-state index in [1.54, 1.807) is 32.0 Å². The van der Waals surface area contributed by atoms with Gasteiger partial charge in [0.05, 0.1) is 30.4 Å². The number of amides is 2. The number of nitrogens with zero attached hydrogens (tertiary/aromatic N) is 2. The first-order valence-electron chi connectivity index (χ1n) is 11.5. The van der Waals surface area contributed by atoms with Crippen molar-refractivity contribution in [1.29, 1.82) is 0 Å². The van der Waals surface area contributed by atoms with Crippen molar-refractivity contribution in [3.63, 3.8) is 0 Å². The maximum absolute atomic E-state index is 13.8. The fourth-order valence-electron chi connectivity index (χ4n) is 4.03. The molecule has 0 N–H and O–H groups in total. The summed E-state index contributed by atoms with van der Waals surface area (Å²) in [4.78, 5) is 27.6. The first-order chi connectivity index (χ1) is 16.8. The third kappa shape index (κ3) is 4.76. The van der Waals surface area contributed by atoms with Gasteiger partial charge in [-0.25, -0.2) is 18.0 Å². The Balaban J connectivity index is 1.86. The van der Waals surface area contributed by atoms with Crippen molar-refractivity contribution in [2.45, 2.75) is 32.1 Å². The van der Waals surface area contributed by atoms with E-state index in [-0.39, 0.29) is 35.8 Å². The van der Waals surface area contributed by atoms with Crippen molar-refractivity contribution >= 4 is 38.7 Å². The number of esters is 1. The van der Waals surface area contributed by atoms with Crippen LogP contribution in [-0.4, -0.2) is 58.2 Å². The maximum Gasteiger partial charge on any atom is 0.342 e. The van der Waals surface area contributed by atoms with Crippen molar-refractivity contribution in [3.05, 3.63) is 59.4 Å². The predicted octanol–water partition coefficient (Wildman–Crippen LogP) is 4.13. The molecule has 3 aromatic rings. The SMILES string of the molecule is CCOC(=O)c1c(C)oc2ccc(N(C(=O)N3CCOCC3)S(=O)(=O)c3ccc(CC)cc3)cc12. The lowest BCUT2D eigenvalue weighted by Gasteiger charge is -2.32. The number of carbonyl (C=O) groups is 2. The van der Waals surface area contributed by atoms with Gasteiger partial charge in [0.2, 0.25) is 0 Å². The molecule has 2 heterocycles. The number of rotatable bonds is 6. The number of ether oxygens (including phenoxy) is 2. The Morgan fingerprint density at radius 3 is 2.37 bits per heavy atom. The van der Waals surface area contributed by atoms with Gasteiger partial charge in [-0.1, -0.05) is 19.1 Å². The fraction of sp³-hybridized carbons (Fsp3) is 0.360. The standard InChI is InChI=1S/C25H28N2O7S/c1-4-18-6-9-20(10-7-18)35(30,31)27(25(29)26-12-14-32-15-13-26)19-8-11-22-21(16-19)23(17(3)34-22)24(28)33-5-2/h6-11,16H,4-5,12-15H2,1-3H3. The number of furan rings is 1. The van der Waals surface area contributed by atoms with Gasteiger partial charge in [-0.15, -0.1) is 0 Å². The van der Waals surface area contributed by atoms with E-state index in [9.17, 15) is 18.0 Å². The number of hydrogen-bond acceptors (Lipinski definition) is 7. The molecule has 0 radical (unpaired) electrons. The number of benzene rings is 2. The zero-order valence-corrected chi connectivity index (χ0v) is 20.8. The Hall–Kier alpha value is -3.37. The van der Waals surface area contributed by atoms with Crippen LogP contribution in [0, 0.1) is 6.92 Å². The third-order valence-corrected chi connectivity index (χ3v) is 7.60. The van der Waals surface area contributed by atoms with Crippen LogP contribution in [0.15, 0.2) is 51.8 Å². The number of carbonyl (C=O) groups excluding carboxylic acids is 2. The molecule has 4 rings (SSSR count). The molecular weight excluding hydrogens is 472 g/mol. The summed E-state index contributed by atoms with van der Waals surface area (Å²) in [5.41, 5.74) is 1.66. The number of morpholine rings is 1. The van der Waals surface area contributed by atoms with E-state index in [0.29, 0.717) is 29.9 Å². The highest BCUT2D eigenvalue weighted by Crippen LogP contribution is 2.33. The molecule has 2 amide bonds. The summed E-state index contributed by atoms with van der Waals surface area (Å²) < 4.78 is 44.6. The summed E-state index contributed by atoms with van der Waals surface area (Å²) in [5, 5.41) is 0.370. The quantitative estimate of drug-likeness (QED) is 0.469. The van der Waals surface area contributed by atoms with Crippen LogP contribution in [0.25, 0.3) is 11.0 Å². The molecule has 1 aliphatic rings. The van der Waals surface area contributed by atoms with Crippen LogP contribution in [0.3, 0.4) is 0 Å². The Morgan fingerprint density at radius 2 is 1.74 bits per heavy atom. The lowest BCUT2D eigenvalue weighted by Crippen LogP contribution is -2.50. The summed E-state index contributed by atoms with van der Waals surface area (Å²) in [5.74, 6) is -0.232. The topological polar surface area (TPSA) is 106 Å². The van der Waals surface area contributed by atoms with E-state index >= 15 is 0 Å². The summed E-state index contributed by atoms with van der Waals surface area (Å²) >= 11 is 0.